The molecule has 108 valence electrons. The summed E-state index contributed by atoms with van der Waals surface area (Å²) in [7, 11) is 1.60. The summed E-state index contributed by atoms with van der Waals surface area (Å²) in [6.45, 7) is 3.21. The Balaban J connectivity index is 2.08. The molecule has 0 bridgehead atoms. The van der Waals surface area contributed by atoms with Crippen molar-refractivity contribution in [2.75, 3.05) is 26.7 Å². The number of rotatable bonds is 4. The van der Waals surface area contributed by atoms with Crippen LogP contribution in [0.3, 0.4) is 0 Å². The van der Waals surface area contributed by atoms with Gasteiger partial charge in [0.2, 0.25) is 11.8 Å². The van der Waals surface area contributed by atoms with Gasteiger partial charge in [-0.05, 0) is 40.5 Å². The Morgan fingerprint density at radius 1 is 1.20 bits per heavy atom. The number of likely N-dealkylation sites (N-methyl/N-ethyl adjacent to an activating group) is 1. The second-order valence-corrected chi connectivity index (χ2v) is 5.48. The van der Waals surface area contributed by atoms with Crippen LogP contribution in [0.1, 0.15) is 12.5 Å². The van der Waals surface area contributed by atoms with Gasteiger partial charge in [0.15, 0.2) is 0 Å². The largest absolute Gasteiger partial charge is 0.496 e. The first-order chi connectivity index (χ1) is 9.55. The number of nitrogens with zero attached hydrogens (tertiary/aromatic N) is 2. The lowest BCUT2D eigenvalue weighted by Gasteiger charge is -2.33. The van der Waals surface area contributed by atoms with Crippen molar-refractivity contribution in [3.8, 4) is 5.75 Å². The molecule has 20 heavy (non-hydrogen) atoms. The van der Waals surface area contributed by atoms with Gasteiger partial charge in [-0.3, -0.25) is 9.59 Å². The topological polar surface area (TPSA) is 49.9 Å². The minimum atomic E-state index is -0.0154. The first-order valence-corrected chi connectivity index (χ1v) is 7.22. The van der Waals surface area contributed by atoms with Gasteiger partial charge in [0.25, 0.3) is 0 Å². The van der Waals surface area contributed by atoms with E-state index in [1.807, 2.05) is 25.1 Å². The van der Waals surface area contributed by atoms with E-state index in [4.69, 9.17) is 4.74 Å². The minimum Gasteiger partial charge on any atom is -0.496 e. The summed E-state index contributed by atoms with van der Waals surface area (Å²) < 4.78 is 6.01. The molecule has 0 N–H and O–H groups in total. The third-order valence-corrected chi connectivity index (χ3v) is 3.95. The summed E-state index contributed by atoms with van der Waals surface area (Å²) in [5.74, 6) is 0.727. The Hall–Kier alpha value is -1.56. The van der Waals surface area contributed by atoms with E-state index >= 15 is 0 Å². The first-order valence-electron chi connectivity index (χ1n) is 6.43. The van der Waals surface area contributed by atoms with Crippen molar-refractivity contribution >= 4 is 27.7 Å². The van der Waals surface area contributed by atoms with E-state index in [0.717, 1.165) is 15.8 Å². The van der Waals surface area contributed by atoms with Gasteiger partial charge >= 0.3 is 0 Å². The van der Waals surface area contributed by atoms with Crippen molar-refractivity contribution in [1.29, 1.82) is 0 Å². The number of amides is 2. The van der Waals surface area contributed by atoms with Crippen molar-refractivity contribution in [2.24, 2.45) is 0 Å². The molecule has 0 saturated carbocycles. The number of carbonyl (C=O) groups excluding carboxylic acids is 2. The van der Waals surface area contributed by atoms with Gasteiger partial charge in [-0.2, -0.15) is 0 Å². The number of hydrogen-bond acceptors (Lipinski definition) is 3. The van der Waals surface area contributed by atoms with Crippen LogP contribution in [0.4, 0.5) is 0 Å². The molecular formula is C14H17BrN2O3. The minimum absolute atomic E-state index is 0.000299. The fraction of sp³-hybridized carbons (Fsp3) is 0.429. The van der Waals surface area contributed by atoms with Crippen LogP contribution < -0.4 is 4.74 Å². The Bertz CT molecular complexity index is 533. The zero-order chi connectivity index (χ0) is 14.7. The highest BCUT2D eigenvalue weighted by atomic mass is 79.9. The first kappa shape index (κ1) is 14.8. The predicted octanol–water partition coefficient (Wildman–Crippen LogP) is 1.65. The molecule has 6 heteroatoms. The number of carbonyl (C=O) groups is 2. The third kappa shape index (κ3) is 3.12. The fourth-order valence-corrected chi connectivity index (χ4v) is 2.75. The van der Waals surface area contributed by atoms with Crippen molar-refractivity contribution in [2.45, 2.75) is 13.5 Å². The van der Waals surface area contributed by atoms with Crippen molar-refractivity contribution < 1.29 is 14.3 Å². The molecule has 1 aliphatic rings. The summed E-state index contributed by atoms with van der Waals surface area (Å²) in [5, 5.41) is 0. The molecule has 1 fully saturated rings. The van der Waals surface area contributed by atoms with E-state index in [-0.39, 0.29) is 24.9 Å². The van der Waals surface area contributed by atoms with Gasteiger partial charge in [-0.25, -0.2) is 0 Å². The molecule has 2 rings (SSSR count). The highest BCUT2D eigenvalue weighted by molar-refractivity contribution is 9.10. The monoisotopic (exact) mass is 340 g/mol. The van der Waals surface area contributed by atoms with Gasteiger partial charge < -0.3 is 14.5 Å². The molecule has 1 aliphatic heterocycles. The lowest BCUT2D eigenvalue weighted by atomic mass is 10.2. The number of methoxy groups -OCH3 is 1. The van der Waals surface area contributed by atoms with Crippen LogP contribution in [-0.4, -0.2) is 48.4 Å². The highest BCUT2D eigenvalue weighted by Crippen LogP contribution is 2.26. The molecule has 1 heterocycles. The van der Waals surface area contributed by atoms with Crippen LogP contribution in [-0.2, 0) is 16.1 Å². The van der Waals surface area contributed by atoms with Gasteiger partial charge in [-0.15, -0.1) is 0 Å². The maximum atomic E-state index is 12.0. The number of hydrogen-bond donors (Lipinski definition) is 0. The molecule has 1 aromatic carbocycles. The van der Waals surface area contributed by atoms with Crippen LogP contribution in [0, 0.1) is 0 Å². The summed E-state index contributed by atoms with van der Waals surface area (Å²) >= 11 is 3.42. The number of piperazine rings is 1. The molecule has 2 amide bonds. The molecular weight excluding hydrogens is 324 g/mol. The lowest BCUT2D eigenvalue weighted by molar-refractivity contribution is -0.150. The summed E-state index contributed by atoms with van der Waals surface area (Å²) in [4.78, 5) is 27.0. The zero-order valence-electron chi connectivity index (χ0n) is 11.6. The molecule has 1 aromatic rings. The standard InChI is InChI=1S/C14H17BrN2O3/c1-3-16-8-14(19)17(9-13(16)18)7-10-4-5-12(20-2)11(15)6-10/h4-6H,3,7-9H2,1-2H3. The van der Waals surface area contributed by atoms with Gasteiger partial charge in [0.05, 0.1) is 18.1 Å². The van der Waals surface area contributed by atoms with Gasteiger partial charge in [0.1, 0.15) is 12.3 Å². The Labute approximate surface area is 126 Å². The van der Waals surface area contributed by atoms with Crippen LogP contribution >= 0.6 is 15.9 Å². The number of ether oxygens (including phenoxy) is 1. The second kappa shape index (κ2) is 6.26. The maximum absolute atomic E-state index is 12.0. The van der Waals surface area contributed by atoms with E-state index in [1.54, 1.807) is 16.9 Å². The molecule has 0 radical (unpaired) electrons. The summed E-state index contributed by atoms with van der Waals surface area (Å²) in [6.07, 6.45) is 0. The van der Waals surface area contributed by atoms with Crippen LogP contribution in [0.15, 0.2) is 22.7 Å². The SMILES string of the molecule is CCN1CC(=O)N(Cc2ccc(OC)c(Br)c2)CC1=O. The maximum Gasteiger partial charge on any atom is 0.242 e. The van der Waals surface area contributed by atoms with E-state index in [1.165, 1.54) is 0 Å². The fourth-order valence-electron chi connectivity index (χ4n) is 2.16. The molecule has 0 aliphatic carbocycles. The van der Waals surface area contributed by atoms with E-state index in [0.29, 0.717) is 13.1 Å². The van der Waals surface area contributed by atoms with E-state index < -0.39 is 0 Å². The smallest absolute Gasteiger partial charge is 0.242 e. The summed E-state index contributed by atoms with van der Waals surface area (Å²) in [5.41, 5.74) is 0.962. The molecule has 0 atom stereocenters. The van der Waals surface area contributed by atoms with Crippen molar-refractivity contribution in [3.63, 3.8) is 0 Å². The molecule has 5 nitrogen and oxygen atoms in total. The Morgan fingerprint density at radius 3 is 2.45 bits per heavy atom. The zero-order valence-corrected chi connectivity index (χ0v) is 13.1. The quantitative estimate of drug-likeness (QED) is 0.837. The average Bonchev–Trinajstić information content (AvgIpc) is 2.42. The second-order valence-electron chi connectivity index (χ2n) is 4.63. The third-order valence-electron chi connectivity index (χ3n) is 3.33. The number of halogens is 1. The predicted molar refractivity (Wildman–Crippen MR) is 78.4 cm³/mol. The summed E-state index contributed by atoms with van der Waals surface area (Å²) in [6, 6.07) is 5.64. The van der Waals surface area contributed by atoms with Crippen LogP contribution in [0.2, 0.25) is 0 Å². The van der Waals surface area contributed by atoms with Crippen molar-refractivity contribution in [3.05, 3.63) is 28.2 Å². The molecule has 0 unspecified atom stereocenters. The Morgan fingerprint density at radius 2 is 1.85 bits per heavy atom. The van der Waals surface area contributed by atoms with Crippen LogP contribution in [0.25, 0.3) is 0 Å². The number of benzene rings is 1. The normalized spacial score (nSPS) is 15.8. The van der Waals surface area contributed by atoms with Gasteiger partial charge in [0, 0.05) is 13.1 Å². The molecule has 0 spiro atoms. The van der Waals surface area contributed by atoms with Crippen LogP contribution in [0.5, 0.6) is 5.75 Å². The highest BCUT2D eigenvalue weighted by Gasteiger charge is 2.28. The van der Waals surface area contributed by atoms with E-state index in [2.05, 4.69) is 15.9 Å². The van der Waals surface area contributed by atoms with Gasteiger partial charge in [-0.1, -0.05) is 6.07 Å². The Kier molecular flexibility index (Phi) is 4.65. The lowest BCUT2D eigenvalue weighted by Crippen LogP contribution is -2.53. The van der Waals surface area contributed by atoms with E-state index in [9.17, 15) is 9.59 Å². The molecule has 1 saturated heterocycles. The van der Waals surface area contributed by atoms with Crippen molar-refractivity contribution in [1.82, 2.24) is 9.80 Å². The average molecular weight is 341 g/mol. The molecule has 0 aromatic heterocycles.